The first-order valence-corrected chi connectivity index (χ1v) is 9.29. The monoisotopic (exact) mass is 335 g/mol. The maximum absolute atomic E-state index is 6.33. The SMILES string of the molecule is CCCNC(Cc1ccccc1Cl)c1cc2sccc2s1. The summed E-state index contributed by atoms with van der Waals surface area (Å²) in [6.07, 6.45) is 2.08. The molecule has 21 heavy (non-hydrogen) atoms. The molecule has 1 nitrogen and oxygen atoms in total. The predicted octanol–water partition coefficient (Wildman–Crippen LogP) is 5.90. The van der Waals surface area contributed by atoms with Gasteiger partial charge in [0.15, 0.2) is 0 Å². The zero-order chi connectivity index (χ0) is 14.7. The van der Waals surface area contributed by atoms with Crippen LogP contribution in [0.1, 0.15) is 29.8 Å². The summed E-state index contributed by atoms with van der Waals surface area (Å²) < 4.78 is 2.77. The number of thiophene rings is 2. The van der Waals surface area contributed by atoms with E-state index in [4.69, 9.17) is 11.6 Å². The highest BCUT2D eigenvalue weighted by Crippen LogP contribution is 2.35. The van der Waals surface area contributed by atoms with Gasteiger partial charge in [-0.15, -0.1) is 22.7 Å². The van der Waals surface area contributed by atoms with Crippen molar-refractivity contribution in [3.8, 4) is 0 Å². The quantitative estimate of drug-likeness (QED) is 0.591. The van der Waals surface area contributed by atoms with Crippen LogP contribution in [0.2, 0.25) is 5.02 Å². The molecule has 0 bridgehead atoms. The van der Waals surface area contributed by atoms with E-state index in [1.165, 1.54) is 19.8 Å². The van der Waals surface area contributed by atoms with E-state index >= 15 is 0 Å². The van der Waals surface area contributed by atoms with Gasteiger partial charge in [0.2, 0.25) is 0 Å². The Kier molecular flexibility index (Phi) is 4.96. The van der Waals surface area contributed by atoms with Crippen molar-refractivity contribution < 1.29 is 0 Å². The van der Waals surface area contributed by atoms with Crippen LogP contribution >= 0.6 is 34.3 Å². The standard InChI is InChI=1S/C17H18ClNS2/c1-2-8-19-14(10-12-5-3-4-6-13(12)18)16-11-17-15(21-16)7-9-20-17/h3-7,9,11,14,19H,2,8,10H2,1H3. The summed E-state index contributed by atoms with van der Waals surface area (Å²) in [7, 11) is 0. The molecule has 1 unspecified atom stereocenters. The van der Waals surface area contributed by atoms with E-state index in [2.05, 4.69) is 41.9 Å². The second kappa shape index (κ2) is 6.93. The van der Waals surface area contributed by atoms with Crippen LogP contribution in [0.4, 0.5) is 0 Å². The van der Waals surface area contributed by atoms with E-state index in [1.807, 2.05) is 34.8 Å². The van der Waals surface area contributed by atoms with Gasteiger partial charge in [-0.2, -0.15) is 0 Å². The highest BCUT2D eigenvalue weighted by molar-refractivity contribution is 7.26. The maximum atomic E-state index is 6.33. The zero-order valence-electron chi connectivity index (χ0n) is 11.9. The average molecular weight is 336 g/mol. The Morgan fingerprint density at radius 2 is 2.05 bits per heavy atom. The molecule has 0 amide bonds. The van der Waals surface area contributed by atoms with Crippen molar-refractivity contribution >= 4 is 43.7 Å². The normalized spacial score (nSPS) is 12.9. The molecule has 3 rings (SSSR count). The summed E-state index contributed by atoms with van der Waals surface area (Å²) in [6, 6.07) is 13.0. The van der Waals surface area contributed by atoms with Crippen LogP contribution in [-0.2, 0) is 6.42 Å². The number of halogens is 1. The molecule has 1 atom stereocenters. The fraction of sp³-hybridized carbons (Fsp3) is 0.294. The summed E-state index contributed by atoms with van der Waals surface area (Å²) >= 11 is 10.0. The first-order chi connectivity index (χ1) is 10.3. The predicted molar refractivity (Wildman–Crippen MR) is 95.9 cm³/mol. The van der Waals surface area contributed by atoms with Gasteiger partial charge in [-0.25, -0.2) is 0 Å². The van der Waals surface area contributed by atoms with Crippen LogP contribution in [-0.4, -0.2) is 6.54 Å². The highest BCUT2D eigenvalue weighted by Gasteiger charge is 2.16. The molecule has 1 aromatic carbocycles. The molecule has 2 heterocycles. The lowest BCUT2D eigenvalue weighted by atomic mass is 10.0. The van der Waals surface area contributed by atoms with E-state index in [1.54, 1.807) is 0 Å². The summed E-state index contributed by atoms with van der Waals surface area (Å²) in [5, 5.41) is 6.69. The molecule has 2 aromatic heterocycles. The lowest BCUT2D eigenvalue weighted by molar-refractivity contribution is 0.537. The molecule has 0 aliphatic rings. The van der Waals surface area contributed by atoms with Crippen LogP contribution in [0, 0.1) is 0 Å². The third kappa shape index (κ3) is 3.49. The smallest absolute Gasteiger partial charge is 0.0456 e. The number of hydrogen-bond acceptors (Lipinski definition) is 3. The molecule has 3 aromatic rings. The lowest BCUT2D eigenvalue weighted by Crippen LogP contribution is -2.23. The van der Waals surface area contributed by atoms with Crippen LogP contribution < -0.4 is 5.32 Å². The third-order valence-electron chi connectivity index (χ3n) is 3.52. The van der Waals surface area contributed by atoms with Gasteiger partial charge < -0.3 is 5.32 Å². The van der Waals surface area contributed by atoms with Gasteiger partial charge >= 0.3 is 0 Å². The van der Waals surface area contributed by atoms with E-state index in [-0.39, 0.29) is 0 Å². The topological polar surface area (TPSA) is 12.0 Å². The average Bonchev–Trinajstić information content (AvgIpc) is 3.06. The number of hydrogen-bond donors (Lipinski definition) is 1. The van der Waals surface area contributed by atoms with Gasteiger partial charge in [0.05, 0.1) is 0 Å². The van der Waals surface area contributed by atoms with Crippen molar-refractivity contribution in [3.63, 3.8) is 0 Å². The summed E-state index contributed by atoms with van der Waals surface area (Å²) in [4.78, 5) is 1.41. The van der Waals surface area contributed by atoms with Crippen LogP contribution in [0.15, 0.2) is 41.8 Å². The summed E-state index contributed by atoms with van der Waals surface area (Å²) in [6.45, 7) is 3.23. The zero-order valence-corrected chi connectivity index (χ0v) is 14.3. The van der Waals surface area contributed by atoms with Crippen molar-refractivity contribution in [3.05, 3.63) is 57.2 Å². The Morgan fingerprint density at radius 1 is 1.19 bits per heavy atom. The number of fused-ring (bicyclic) bond motifs is 1. The maximum Gasteiger partial charge on any atom is 0.0456 e. The van der Waals surface area contributed by atoms with Crippen molar-refractivity contribution in [2.45, 2.75) is 25.8 Å². The minimum Gasteiger partial charge on any atom is -0.309 e. The molecular formula is C17H18ClNS2. The molecule has 0 saturated heterocycles. The molecule has 0 aliphatic carbocycles. The second-order valence-corrected chi connectivity index (χ2v) is 7.57. The Balaban J connectivity index is 1.86. The molecular weight excluding hydrogens is 318 g/mol. The van der Waals surface area contributed by atoms with Crippen LogP contribution in [0.5, 0.6) is 0 Å². The minimum atomic E-state index is 0.342. The van der Waals surface area contributed by atoms with Gasteiger partial charge in [-0.05, 0) is 48.5 Å². The van der Waals surface area contributed by atoms with E-state index in [0.717, 1.165) is 24.4 Å². The Bertz CT molecular complexity index is 688. The van der Waals surface area contributed by atoms with Crippen molar-refractivity contribution in [1.29, 1.82) is 0 Å². The summed E-state index contributed by atoms with van der Waals surface area (Å²) in [5.41, 5.74) is 1.21. The molecule has 0 aliphatic heterocycles. The van der Waals surface area contributed by atoms with Crippen LogP contribution in [0.3, 0.4) is 0 Å². The minimum absolute atomic E-state index is 0.342. The fourth-order valence-corrected chi connectivity index (χ4v) is 4.84. The van der Waals surface area contributed by atoms with Crippen LogP contribution in [0.25, 0.3) is 9.40 Å². The van der Waals surface area contributed by atoms with Crippen molar-refractivity contribution in [2.75, 3.05) is 6.54 Å². The number of benzene rings is 1. The van der Waals surface area contributed by atoms with E-state index in [0.29, 0.717) is 6.04 Å². The van der Waals surface area contributed by atoms with Gasteiger partial charge in [0.25, 0.3) is 0 Å². The van der Waals surface area contributed by atoms with Gasteiger partial charge in [-0.3, -0.25) is 0 Å². The molecule has 4 heteroatoms. The molecule has 0 fully saturated rings. The summed E-state index contributed by atoms with van der Waals surface area (Å²) in [5.74, 6) is 0. The van der Waals surface area contributed by atoms with Crippen molar-refractivity contribution in [2.24, 2.45) is 0 Å². The van der Waals surface area contributed by atoms with Gasteiger partial charge in [0, 0.05) is 25.3 Å². The first kappa shape index (κ1) is 15.0. The lowest BCUT2D eigenvalue weighted by Gasteiger charge is -2.18. The van der Waals surface area contributed by atoms with E-state index < -0.39 is 0 Å². The molecule has 110 valence electrons. The largest absolute Gasteiger partial charge is 0.309 e. The Labute approximate surface area is 138 Å². The van der Waals surface area contributed by atoms with Crippen molar-refractivity contribution in [1.82, 2.24) is 5.32 Å². The second-order valence-electron chi connectivity index (χ2n) is 5.10. The van der Waals surface area contributed by atoms with E-state index in [9.17, 15) is 0 Å². The number of rotatable bonds is 6. The third-order valence-corrected chi connectivity index (χ3v) is 6.10. The Hall–Kier alpha value is -0.870. The molecule has 0 spiro atoms. The first-order valence-electron chi connectivity index (χ1n) is 7.21. The van der Waals surface area contributed by atoms with Gasteiger partial charge in [-0.1, -0.05) is 36.7 Å². The number of nitrogens with one attached hydrogen (secondary N) is 1. The molecule has 0 radical (unpaired) electrons. The molecule has 1 N–H and O–H groups in total. The fourth-order valence-electron chi connectivity index (χ4n) is 2.43. The molecule has 0 saturated carbocycles. The highest BCUT2D eigenvalue weighted by atomic mass is 35.5. The Morgan fingerprint density at radius 3 is 2.81 bits per heavy atom. The van der Waals surface area contributed by atoms with Gasteiger partial charge in [0.1, 0.15) is 0 Å².